The minimum atomic E-state index is -1.22. The zero-order chi connectivity index (χ0) is 17.0. The lowest BCUT2D eigenvalue weighted by Crippen LogP contribution is -2.39. The summed E-state index contributed by atoms with van der Waals surface area (Å²) in [6, 6.07) is 5.64. The van der Waals surface area contributed by atoms with E-state index in [-0.39, 0.29) is 12.2 Å². The summed E-state index contributed by atoms with van der Waals surface area (Å²) in [5, 5.41) is 0. The summed E-state index contributed by atoms with van der Waals surface area (Å²) in [6.45, 7) is 0. The fourth-order valence-electron chi connectivity index (χ4n) is 2.31. The van der Waals surface area contributed by atoms with E-state index in [2.05, 4.69) is 9.47 Å². The van der Waals surface area contributed by atoms with E-state index in [1.54, 1.807) is 6.08 Å². The number of esters is 2. The van der Waals surface area contributed by atoms with Gasteiger partial charge in [-0.3, -0.25) is 14.4 Å². The monoisotopic (exact) mass is 338 g/mol. The van der Waals surface area contributed by atoms with Crippen molar-refractivity contribution in [3.63, 3.8) is 0 Å². The van der Waals surface area contributed by atoms with Crippen LogP contribution in [0.2, 0.25) is 0 Å². The Hall–Kier alpha value is -2.15. The lowest BCUT2D eigenvalue weighted by molar-refractivity contribution is -0.160. The van der Waals surface area contributed by atoms with E-state index >= 15 is 0 Å². The molecule has 122 valence electrons. The molecule has 23 heavy (non-hydrogen) atoms. The van der Waals surface area contributed by atoms with Gasteiger partial charge in [-0.15, -0.1) is 0 Å². The van der Waals surface area contributed by atoms with Crippen molar-refractivity contribution in [3.05, 3.63) is 41.1 Å². The molecule has 5 nitrogen and oxygen atoms in total. The van der Waals surface area contributed by atoms with Crippen LogP contribution in [0.5, 0.6) is 0 Å². The molecule has 0 spiro atoms. The molecule has 0 aliphatic heterocycles. The number of rotatable bonds is 4. The number of ketones is 1. The van der Waals surface area contributed by atoms with Gasteiger partial charge in [0.05, 0.1) is 25.0 Å². The molecule has 0 unspecified atom stereocenters. The molecule has 0 saturated carbocycles. The highest BCUT2D eigenvalue weighted by atomic mass is 32.2. The Morgan fingerprint density at radius 3 is 2.30 bits per heavy atom. The second-order valence-corrected chi connectivity index (χ2v) is 5.97. The van der Waals surface area contributed by atoms with Crippen molar-refractivity contribution in [3.8, 4) is 0 Å². The first-order valence-corrected chi connectivity index (χ1v) is 7.63. The van der Waals surface area contributed by atoms with E-state index in [4.69, 9.17) is 0 Å². The molecule has 0 amide bonds. The van der Waals surface area contributed by atoms with Crippen molar-refractivity contribution >= 4 is 29.5 Å². The second-order valence-electron chi connectivity index (χ2n) is 4.85. The van der Waals surface area contributed by atoms with Gasteiger partial charge in [0.15, 0.2) is 5.78 Å². The van der Waals surface area contributed by atoms with Gasteiger partial charge in [0.2, 0.25) is 0 Å². The van der Waals surface area contributed by atoms with Gasteiger partial charge in [-0.05, 0) is 30.7 Å². The Labute approximate surface area is 136 Å². The van der Waals surface area contributed by atoms with Crippen molar-refractivity contribution < 1.29 is 28.2 Å². The third-order valence-corrected chi connectivity index (χ3v) is 4.58. The van der Waals surface area contributed by atoms with Gasteiger partial charge in [-0.2, -0.15) is 0 Å². The number of hydrogen-bond acceptors (Lipinski definition) is 6. The summed E-state index contributed by atoms with van der Waals surface area (Å²) >= 11 is 1.12. The third-order valence-electron chi connectivity index (χ3n) is 3.49. The Morgan fingerprint density at radius 2 is 1.74 bits per heavy atom. The summed E-state index contributed by atoms with van der Waals surface area (Å²) < 4.78 is 22.2. The fourth-order valence-corrected chi connectivity index (χ4v) is 3.24. The van der Waals surface area contributed by atoms with Crippen LogP contribution in [0.15, 0.2) is 40.1 Å². The molecule has 1 aromatic rings. The number of methoxy groups -OCH3 is 2. The topological polar surface area (TPSA) is 69.7 Å². The molecule has 0 N–H and O–H groups in total. The van der Waals surface area contributed by atoms with Crippen LogP contribution in [0.3, 0.4) is 0 Å². The lowest BCUT2D eigenvalue weighted by atomic mass is 9.82. The molecular formula is C16H15FO5S. The molecule has 1 aromatic carbocycles. The summed E-state index contributed by atoms with van der Waals surface area (Å²) in [5.74, 6) is -4.38. The van der Waals surface area contributed by atoms with Crippen LogP contribution in [0.25, 0.3) is 0 Å². The van der Waals surface area contributed by atoms with Crippen molar-refractivity contribution in [1.82, 2.24) is 0 Å². The Morgan fingerprint density at radius 1 is 1.13 bits per heavy atom. The van der Waals surface area contributed by atoms with Crippen molar-refractivity contribution in [2.45, 2.75) is 11.3 Å². The number of Topliss-reactive ketones (excluding diaryl/α,β-unsaturated/α-hetero) is 1. The number of carbonyl (C=O) groups excluding carboxylic acids is 3. The van der Waals surface area contributed by atoms with Crippen LogP contribution in [-0.2, 0) is 23.9 Å². The maximum absolute atomic E-state index is 12.9. The van der Waals surface area contributed by atoms with Gasteiger partial charge >= 0.3 is 11.9 Å². The van der Waals surface area contributed by atoms with Crippen LogP contribution in [0.1, 0.15) is 6.42 Å². The van der Waals surface area contributed by atoms with Gasteiger partial charge < -0.3 is 9.47 Å². The summed E-state index contributed by atoms with van der Waals surface area (Å²) in [4.78, 5) is 37.2. The first-order chi connectivity index (χ1) is 11.0. The van der Waals surface area contributed by atoms with Crippen molar-refractivity contribution in [2.24, 2.45) is 11.8 Å². The number of thioether (sulfide) groups is 1. The van der Waals surface area contributed by atoms with Crippen LogP contribution < -0.4 is 0 Å². The quantitative estimate of drug-likeness (QED) is 0.620. The molecule has 7 heteroatoms. The lowest BCUT2D eigenvalue weighted by Gasteiger charge is -2.26. The highest BCUT2D eigenvalue weighted by Gasteiger charge is 2.44. The largest absolute Gasteiger partial charge is 0.469 e. The van der Waals surface area contributed by atoms with Gasteiger partial charge in [0.1, 0.15) is 11.7 Å². The molecule has 2 rings (SSSR count). The third kappa shape index (κ3) is 3.79. The average molecular weight is 338 g/mol. The van der Waals surface area contributed by atoms with Crippen LogP contribution in [-0.4, -0.2) is 31.9 Å². The zero-order valence-electron chi connectivity index (χ0n) is 12.6. The predicted octanol–water partition coefficient (Wildman–Crippen LogP) is 2.35. The van der Waals surface area contributed by atoms with Crippen LogP contribution >= 0.6 is 11.8 Å². The van der Waals surface area contributed by atoms with Gasteiger partial charge in [-0.1, -0.05) is 17.8 Å². The van der Waals surface area contributed by atoms with Crippen molar-refractivity contribution in [1.29, 1.82) is 0 Å². The molecule has 0 saturated heterocycles. The van der Waals surface area contributed by atoms with E-state index in [9.17, 15) is 18.8 Å². The maximum Gasteiger partial charge on any atom is 0.317 e. The normalized spacial score (nSPS) is 20.7. The number of hydrogen-bond donors (Lipinski definition) is 0. The van der Waals surface area contributed by atoms with E-state index in [0.717, 1.165) is 18.9 Å². The number of benzene rings is 1. The molecule has 0 fully saturated rings. The molecule has 2 atom stereocenters. The molecular weight excluding hydrogens is 323 g/mol. The van der Waals surface area contributed by atoms with Crippen LogP contribution in [0, 0.1) is 17.7 Å². The Bertz CT molecular complexity index is 653. The summed E-state index contributed by atoms with van der Waals surface area (Å²) in [6.07, 6.45) is 1.79. The Kier molecular flexibility index (Phi) is 5.54. The van der Waals surface area contributed by atoms with Gasteiger partial charge in [0.25, 0.3) is 0 Å². The molecule has 1 aliphatic rings. The van der Waals surface area contributed by atoms with E-state index in [1.807, 2.05) is 0 Å². The zero-order valence-corrected chi connectivity index (χ0v) is 13.4. The molecule has 0 bridgehead atoms. The highest BCUT2D eigenvalue weighted by molar-refractivity contribution is 8.04. The van der Waals surface area contributed by atoms with Gasteiger partial charge in [0, 0.05) is 4.90 Å². The number of ether oxygens (including phenoxy) is 2. The molecule has 0 radical (unpaired) electrons. The number of allylic oxidation sites excluding steroid dienone is 2. The summed E-state index contributed by atoms with van der Waals surface area (Å²) in [5.41, 5.74) is 0. The van der Waals surface area contributed by atoms with E-state index in [1.165, 1.54) is 31.4 Å². The first-order valence-electron chi connectivity index (χ1n) is 6.81. The second kappa shape index (κ2) is 7.41. The smallest absolute Gasteiger partial charge is 0.317 e. The summed E-state index contributed by atoms with van der Waals surface area (Å²) in [7, 11) is 2.36. The van der Waals surface area contributed by atoms with Gasteiger partial charge in [-0.25, -0.2) is 4.39 Å². The molecule has 0 aromatic heterocycles. The molecule has 1 aliphatic carbocycles. The number of halogens is 1. The van der Waals surface area contributed by atoms with Crippen LogP contribution in [0.4, 0.5) is 4.39 Å². The minimum absolute atomic E-state index is 0.196. The highest BCUT2D eigenvalue weighted by Crippen LogP contribution is 2.37. The average Bonchev–Trinajstić information content (AvgIpc) is 2.57. The minimum Gasteiger partial charge on any atom is -0.469 e. The maximum atomic E-state index is 12.9. The predicted molar refractivity (Wildman–Crippen MR) is 81.0 cm³/mol. The van der Waals surface area contributed by atoms with Crippen molar-refractivity contribution in [2.75, 3.05) is 14.2 Å². The molecule has 0 heterocycles. The standard InChI is InChI=1S/C16H15FO5S/c1-21-15(19)11-7-8-12(14(18)13(11)16(20)22-2)23-10-5-3-9(17)4-6-10/h3-6,8,11,13H,7H2,1-2H3/t11-,13+/m1/s1. The fraction of sp³-hybridized carbons (Fsp3) is 0.312. The first kappa shape index (κ1) is 17.2. The van der Waals surface area contributed by atoms with E-state index in [0.29, 0.717) is 9.80 Å². The SMILES string of the molecule is COC(=O)[C@@H]1C(=O)C(Sc2ccc(F)cc2)=CC[C@H]1C(=O)OC. The van der Waals surface area contributed by atoms with E-state index < -0.39 is 29.6 Å². The number of carbonyl (C=O) groups is 3. The Balaban J connectivity index is 2.26.